The fourth-order valence-corrected chi connectivity index (χ4v) is 1.10. The zero-order chi connectivity index (χ0) is 10.5. The highest BCUT2D eigenvalue weighted by Crippen LogP contribution is 1.95. The largest absolute Gasteiger partial charge is 0.395 e. The maximum atomic E-state index is 10.4. The zero-order valence-corrected chi connectivity index (χ0v) is 8.29. The number of nitrogens with one attached hydrogen (secondary N) is 1. The monoisotopic (exact) mass is 212 g/mol. The van der Waals surface area contributed by atoms with Gasteiger partial charge in [0, 0.05) is 6.04 Å². The van der Waals surface area contributed by atoms with Gasteiger partial charge in [0.05, 0.1) is 6.61 Å². The van der Waals surface area contributed by atoms with Crippen LogP contribution in [-0.2, 0) is 10.1 Å². The number of nitrogens with two attached hydrogens (primary N) is 1. The summed E-state index contributed by atoms with van der Waals surface area (Å²) in [4.78, 5) is 0. The van der Waals surface area contributed by atoms with Gasteiger partial charge >= 0.3 is 0 Å². The van der Waals surface area contributed by atoms with Gasteiger partial charge in [-0.1, -0.05) is 0 Å². The summed E-state index contributed by atoms with van der Waals surface area (Å²) in [5.41, 5.74) is 5.14. The smallest absolute Gasteiger partial charge is 0.280 e. The highest BCUT2D eigenvalue weighted by atomic mass is 32.2. The molecule has 80 valence electrons. The lowest BCUT2D eigenvalue weighted by Crippen LogP contribution is -2.37. The molecule has 0 fully saturated rings. The molecule has 0 saturated carbocycles. The summed E-state index contributed by atoms with van der Waals surface area (Å²) in [6, 6.07) is -0.103. The van der Waals surface area contributed by atoms with Gasteiger partial charge in [0.2, 0.25) is 0 Å². The van der Waals surface area contributed by atoms with E-state index in [9.17, 15) is 8.42 Å². The second-order valence-electron chi connectivity index (χ2n) is 2.88. The van der Waals surface area contributed by atoms with Gasteiger partial charge < -0.3 is 16.2 Å². The van der Waals surface area contributed by atoms with Crippen molar-refractivity contribution in [2.45, 2.75) is 24.8 Å². The van der Waals surface area contributed by atoms with Crippen molar-refractivity contribution < 1.29 is 18.1 Å². The minimum absolute atomic E-state index is 0.0267. The minimum atomic E-state index is -4.13. The Hall–Kier alpha value is -0.210. The first-order valence-electron chi connectivity index (χ1n) is 3.94. The van der Waals surface area contributed by atoms with Crippen LogP contribution in [0.3, 0.4) is 0 Å². The zero-order valence-electron chi connectivity index (χ0n) is 7.47. The van der Waals surface area contributed by atoms with Crippen molar-refractivity contribution in [1.82, 2.24) is 5.32 Å². The van der Waals surface area contributed by atoms with Crippen LogP contribution >= 0.6 is 0 Å². The summed E-state index contributed by atoms with van der Waals surface area (Å²) < 4.78 is 29.3. The fourth-order valence-electron chi connectivity index (χ4n) is 0.685. The lowest BCUT2D eigenvalue weighted by atomic mass is 10.3. The molecular formula is C6H16N2O4S. The third-order valence-electron chi connectivity index (χ3n) is 1.58. The van der Waals surface area contributed by atoms with Crippen LogP contribution in [0.15, 0.2) is 0 Å². The molecule has 0 aromatic heterocycles. The van der Waals surface area contributed by atoms with Crippen LogP contribution in [-0.4, -0.2) is 42.6 Å². The van der Waals surface area contributed by atoms with Gasteiger partial charge in [0.25, 0.3) is 10.1 Å². The van der Waals surface area contributed by atoms with Gasteiger partial charge in [-0.2, -0.15) is 8.42 Å². The van der Waals surface area contributed by atoms with Crippen LogP contribution in [0.2, 0.25) is 0 Å². The van der Waals surface area contributed by atoms with Crippen molar-refractivity contribution in [3.8, 4) is 0 Å². The van der Waals surface area contributed by atoms with E-state index in [4.69, 9.17) is 15.4 Å². The molecule has 13 heavy (non-hydrogen) atoms. The summed E-state index contributed by atoms with van der Waals surface area (Å²) in [7, 11) is -4.13. The van der Waals surface area contributed by atoms with E-state index >= 15 is 0 Å². The van der Waals surface area contributed by atoms with Gasteiger partial charge in [0.1, 0.15) is 5.37 Å². The van der Waals surface area contributed by atoms with Crippen LogP contribution < -0.4 is 11.1 Å². The highest BCUT2D eigenvalue weighted by Gasteiger charge is 2.16. The normalized spacial score (nSPS) is 16.9. The topological polar surface area (TPSA) is 113 Å². The predicted molar refractivity (Wildman–Crippen MR) is 48.7 cm³/mol. The first-order valence-corrected chi connectivity index (χ1v) is 5.44. The van der Waals surface area contributed by atoms with Gasteiger partial charge in [0.15, 0.2) is 0 Å². The van der Waals surface area contributed by atoms with E-state index in [0.717, 1.165) is 0 Å². The number of aliphatic hydroxyl groups excluding tert-OH is 1. The van der Waals surface area contributed by atoms with E-state index in [1.54, 1.807) is 6.92 Å². The quantitative estimate of drug-likeness (QED) is 0.399. The molecule has 0 aliphatic carbocycles. The molecule has 5 N–H and O–H groups in total. The third-order valence-corrected chi connectivity index (χ3v) is 2.58. The standard InChI is InChI=1S/C6H16N2O4S/c1-5(4-9)8-3-2-6(7)13(10,11)12/h5-6,8-9H,2-4,7H2,1H3,(H,10,11,12)/t5?,6-/m0/s1. The molecule has 0 radical (unpaired) electrons. The Morgan fingerprint density at radius 3 is 2.46 bits per heavy atom. The van der Waals surface area contributed by atoms with Gasteiger partial charge in [-0.3, -0.25) is 4.55 Å². The molecule has 0 rings (SSSR count). The summed E-state index contributed by atoms with van der Waals surface area (Å²) in [6.45, 7) is 2.06. The second kappa shape index (κ2) is 5.51. The molecule has 0 saturated heterocycles. The summed E-state index contributed by atoms with van der Waals surface area (Å²) in [6.07, 6.45) is 0.114. The Balaban J connectivity index is 3.66. The SMILES string of the molecule is CC(CO)NCC[C@@H](N)S(=O)(=O)O. The lowest BCUT2D eigenvalue weighted by molar-refractivity contribution is 0.251. The van der Waals surface area contributed by atoms with Crippen LogP contribution in [0.25, 0.3) is 0 Å². The van der Waals surface area contributed by atoms with Crippen molar-refractivity contribution in [3.05, 3.63) is 0 Å². The number of hydrogen-bond acceptors (Lipinski definition) is 5. The van der Waals surface area contributed by atoms with Gasteiger partial charge in [-0.05, 0) is 19.9 Å². The van der Waals surface area contributed by atoms with Gasteiger partial charge in [-0.25, -0.2) is 0 Å². The number of hydrogen-bond donors (Lipinski definition) is 4. The first-order chi connectivity index (χ1) is 5.88. The summed E-state index contributed by atoms with van der Waals surface area (Å²) >= 11 is 0. The summed E-state index contributed by atoms with van der Waals surface area (Å²) in [5, 5.41) is 10.2. The molecule has 0 aliphatic rings. The van der Waals surface area contributed by atoms with E-state index in [0.29, 0.717) is 6.54 Å². The van der Waals surface area contributed by atoms with Crippen LogP contribution in [0.1, 0.15) is 13.3 Å². The van der Waals surface area contributed by atoms with Crippen LogP contribution in [0, 0.1) is 0 Å². The van der Waals surface area contributed by atoms with Crippen molar-refractivity contribution in [2.75, 3.05) is 13.2 Å². The Labute approximate surface area is 77.9 Å². The summed E-state index contributed by atoms with van der Waals surface area (Å²) in [5.74, 6) is 0. The Morgan fingerprint density at radius 2 is 2.08 bits per heavy atom. The second-order valence-corrected chi connectivity index (χ2v) is 4.52. The molecule has 0 bridgehead atoms. The van der Waals surface area contributed by atoms with Crippen LogP contribution in [0.4, 0.5) is 0 Å². The predicted octanol–water partition coefficient (Wildman–Crippen LogP) is -1.48. The Bertz CT molecular complexity index is 229. The third kappa shape index (κ3) is 5.94. The van der Waals surface area contributed by atoms with Crippen LogP contribution in [0.5, 0.6) is 0 Å². The Kier molecular flexibility index (Phi) is 5.42. The average Bonchev–Trinajstić information content (AvgIpc) is 2.02. The van der Waals surface area contributed by atoms with E-state index in [-0.39, 0.29) is 19.1 Å². The van der Waals surface area contributed by atoms with Crippen molar-refractivity contribution in [3.63, 3.8) is 0 Å². The molecule has 0 aliphatic heterocycles. The van der Waals surface area contributed by atoms with E-state index in [2.05, 4.69) is 5.32 Å². The van der Waals surface area contributed by atoms with Crippen molar-refractivity contribution in [1.29, 1.82) is 0 Å². The van der Waals surface area contributed by atoms with E-state index in [1.807, 2.05) is 0 Å². The maximum Gasteiger partial charge on any atom is 0.280 e. The van der Waals surface area contributed by atoms with Gasteiger partial charge in [-0.15, -0.1) is 0 Å². The molecule has 7 heteroatoms. The first kappa shape index (κ1) is 12.8. The molecule has 0 amide bonds. The Morgan fingerprint density at radius 1 is 1.54 bits per heavy atom. The van der Waals surface area contributed by atoms with E-state index < -0.39 is 15.5 Å². The molecule has 6 nitrogen and oxygen atoms in total. The highest BCUT2D eigenvalue weighted by molar-refractivity contribution is 7.86. The molecule has 0 spiro atoms. The fraction of sp³-hybridized carbons (Fsp3) is 1.00. The average molecular weight is 212 g/mol. The molecule has 1 unspecified atom stereocenters. The lowest BCUT2D eigenvalue weighted by Gasteiger charge is -2.12. The molecule has 0 heterocycles. The van der Waals surface area contributed by atoms with E-state index in [1.165, 1.54) is 0 Å². The van der Waals surface area contributed by atoms with Crippen molar-refractivity contribution >= 4 is 10.1 Å². The maximum absolute atomic E-state index is 10.4. The molecule has 2 atom stereocenters. The number of aliphatic hydroxyl groups is 1. The molecule has 0 aromatic carbocycles. The van der Waals surface area contributed by atoms with Crippen molar-refractivity contribution in [2.24, 2.45) is 5.73 Å². The number of rotatable bonds is 6. The molecule has 0 aromatic rings. The molecular weight excluding hydrogens is 196 g/mol. The minimum Gasteiger partial charge on any atom is -0.395 e.